The lowest BCUT2D eigenvalue weighted by Crippen LogP contribution is -2.39. The van der Waals surface area contributed by atoms with Crippen molar-refractivity contribution in [1.82, 2.24) is 19.1 Å². The van der Waals surface area contributed by atoms with Crippen molar-refractivity contribution >= 4 is 11.6 Å². The first-order valence-corrected chi connectivity index (χ1v) is 10.4. The van der Waals surface area contributed by atoms with Crippen LogP contribution in [0.5, 0.6) is 0 Å². The number of anilines is 1. The molecule has 1 aliphatic rings. The minimum Gasteiger partial charge on any atom is -0.467 e. The van der Waals surface area contributed by atoms with E-state index in [-0.39, 0.29) is 12.1 Å². The fourth-order valence-electron chi connectivity index (χ4n) is 3.92. The number of nitrogens with one attached hydrogen (secondary N) is 2. The van der Waals surface area contributed by atoms with Crippen LogP contribution in [0.25, 0.3) is 11.3 Å². The second-order valence-corrected chi connectivity index (χ2v) is 7.67. The van der Waals surface area contributed by atoms with Crippen molar-refractivity contribution in [2.45, 2.75) is 32.4 Å². The quantitative estimate of drug-likeness (QED) is 0.504. The van der Waals surface area contributed by atoms with E-state index in [0.29, 0.717) is 11.4 Å². The second-order valence-electron chi connectivity index (χ2n) is 7.67. The summed E-state index contributed by atoms with van der Waals surface area (Å²) in [7, 11) is 0. The van der Waals surface area contributed by atoms with Gasteiger partial charge < -0.3 is 19.3 Å². The van der Waals surface area contributed by atoms with Gasteiger partial charge in [-0.3, -0.25) is 14.2 Å². The highest BCUT2D eigenvalue weighted by molar-refractivity contribution is 6.05. The number of aromatic amines is 1. The summed E-state index contributed by atoms with van der Waals surface area (Å²) in [6.45, 7) is 0.864. The molecule has 9 nitrogen and oxygen atoms in total. The number of amides is 1. The van der Waals surface area contributed by atoms with Crippen LogP contribution < -0.4 is 16.6 Å². The zero-order valence-electron chi connectivity index (χ0n) is 17.2. The lowest BCUT2D eigenvalue weighted by Gasteiger charge is -2.11. The number of para-hydroxylation sites is 1. The van der Waals surface area contributed by atoms with Crippen LogP contribution in [0.2, 0.25) is 0 Å². The molecule has 0 spiro atoms. The van der Waals surface area contributed by atoms with E-state index in [2.05, 4.69) is 14.9 Å². The molecule has 5 rings (SSSR count). The van der Waals surface area contributed by atoms with Crippen LogP contribution in [0.3, 0.4) is 0 Å². The number of aryl methyl sites for hydroxylation is 2. The first-order valence-electron chi connectivity index (χ1n) is 10.4. The normalized spacial score (nSPS) is 13.0. The number of nitrogens with zero attached hydrogens (tertiary/aromatic N) is 3. The summed E-state index contributed by atoms with van der Waals surface area (Å²) in [5.41, 5.74) is 0.591. The lowest BCUT2D eigenvalue weighted by atomic mass is 10.1. The predicted octanol–water partition coefficient (Wildman–Crippen LogP) is 2.63. The molecule has 0 radical (unpaired) electrons. The Kier molecular flexibility index (Phi) is 5.06. The first kappa shape index (κ1) is 19.8. The van der Waals surface area contributed by atoms with Crippen LogP contribution in [0, 0.1) is 0 Å². The van der Waals surface area contributed by atoms with Gasteiger partial charge in [0.1, 0.15) is 17.1 Å². The molecule has 0 fully saturated rings. The Bertz CT molecular complexity index is 1370. The predicted molar refractivity (Wildman–Crippen MR) is 118 cm³/mol. The number of furan rings is 1. The molecule has 1 aliphatic heterocycles. The number of carbonyl (C=O) groups excluding carboxylic acids is 1. The third-order valence-corrected chi connectivity index (χ3v) is 5.56. The van der Waals surface area contributed by atoms with E-state index in [0.717, 1.165) is 53.7 Å². The van der Waals surface area contributed by atoms with Crippen LogP contribution in [0.15, 0.2) is 69.1 Å². The smallest absolute Gasteiger partial charge is 0.328 e. The third kappa shape index (κ3) is 3.68. The van der Waals surface area contributed by atoms with Crippen LogP contribution >= 0.6 is 0 Å². The minimum absolute atomic E-state index is 0.0704. The fourth-order valence-corrected chi connectivity index (χ4v) is 3.92. The summed E-state index contributed by atoms with van der Waals surface area (Å²) in [5, 5.41) is 2.81. The van der Waals surface area contributed by atoms with Crippen molar-refractivity contribution in [2.24, 2.45) is 0 Å². The molecule has 0 bridgehead atoms. The highest BCUT2D eigenvalue weighted by Gasteiger charge is 2.19. The molecule has 4 heterocycles. The molecule has 3 aromatic heterocycles. The van der Waals surface area contributed by atoms with E-state index in [9.17, 15) is 14.4 Å². The van der Waals surface area contributed by atoms with Gasteiger partial charge in [-0.2, -0.15) is 0 Å². The van der Waals surface area contributed by atoms with Gasteiger partial charge in [0.25, 0.3) is 11.5 Å². The van der Waals surface area contributed by atoms with Crippen LogP contribution in [-0.2, 0) is 19.5 Å². The van der Waals surface area contributed by atoms with Gasteiger partial charge in [-0.25, -0.2) is 9.78 Å². The Morgan fingerprint density at radius 2 is 2.03 bits per heavy atom. The molecule has 162 valence electrons. The maximum atomic E-state index is 13.0. The summed E-state index contributed by atoms with van der Waals surface area (Å²) in [6.07, 6.45) is 7.76. The molecule has 0 unspecified atom stereocenters. The number of benzene rings is 1. The van der Waals surface area contributed by atoms with Gasteiger partial charge in [0.15, 0.2) is 0 Å². The Labute approximate surface area is 182 Å². The van der Waals surface area contributed by atoms with Crippen molar-refractivity contribution in [2.75, 3.05) is 5.32 Å². The Hall–Kier alpha value is -4.14. The number of aromatic nitrogens is 4. The molecule has 1 aromatic carbocycles. The molecule has 32 heavy (non-hydrogen) atoms. The molecule has 0 atom stereocenters. The van der Waals surface area contributed by atoms with E-state index in [1.54, 1.807) is 24.3 Å². The lowest BCUT2D eigenvalue weighted by molar-refractivity contribution is 0.102. The highest BCUT2D eigenvalue weighted by Crippen LogP contribution is 2.29. The molecule has 9 heteroatoms. The molecule has 4 aromatic rings. The van der Waals surface area contributed by atoms with E-state index in [1.807, 2.05) is 18.3 Å². The summed E-state index contributed by atoms with van der Waals surface area (Å²) in [5.74, 6) is 0.856. The van der Waals surface area contributed by atoms with Gasteiger partial charge in [0.2, 0.25) is 0 Å². The topological polar surface area (TPSA) is 115 Å². The number of carbonyl (C=O) groups is 1. The monoisotopic (exact) mass is 431 g/mol. The molecule has 1 amide bonds. The largest absolute Gasteiger partial charge is 0.467 e. The Balaban J connectivity index is 1.46. The SMILES string of the molecule is O=C(Nc1ccccc1-c1cn2c(n1)CCCC2)c1c[nH]c(=O)n(Cc2ccco2)c1=O. The van der Waals surface area contributed by atoms with E-state index in [4.69, 9.17) is 9.40 Å². The number of hydrogen-bond acceptors (Lipinski definition) is 5. The molecule has 0 saturated carbocycles. The van der Waals surface area contributed by atoms with Gasteiger partial charge in [-0.1, -0.05) is 18.2 Å². The van der Waals surface area contributed by atoms with Crippen molar-refractivity contribution in [3.63, 3.8) is 0 Å². The number of H-pyrrole nitrogens is 1. The van der Waals surface area contributed by atoms with Gasteiger partial charge in [-0.05, 0) is 31.0 Å². The highest BCUT2D eigenvalue weighted by atomic mass is 16.3. The van der Waals surface area contributed by atoms with Crippen LogP contribution in [0.1, 0.15) is 34.8 Å². The summed E-state index contributed by atoms with van der Waals surface area (Å²) < 4.78 is 8.30. The van der Waals surface area contributed by atoms with E-state index < -0.39 is 17.2 Å². The summed E-state index contributed by atoms with van der Waals surface area (Å²) in [6, 6.07) is 10.6. The van der Waals surface area contributed by atoms with E-state index >= 15 is 0 Å². The van der Waals surface area contributed by atoms with Crippen molar-refractivity contribution in [1.29, 1.82) is 0 Å². The molecule has 0 aliphatic carbocycles. The third-order valence-electron chi connectivity index (χ3n) is 5.56. The maximum absolute atomic E-state index is 13.0. The van der Waals surface area contributed by atoms with Crippen LogP contribution in [-0.4, -0.2) is 25.0 Å². The molecule has 2 N–H and O–H groups in total. The van der Waals surface area contributed by atoms with Gasteiger partial charge in [0.05, 0.1) is 24.2 Å². The van der Waals surface area contributed by atoms with Gasteiger partial charge >= 0.3 is 5.69 Å². The summed E-state index contributed by atoms with van der Waals surface area (Å²) >= 11 is 0. The summed E-state index contributed by atoms with van der Waals surface area (Å²) in [4.78, 5) is 45.2. The van der Waals surface area contributed by atoms with Crippen molar-refractivity contribution in [3.8, 4) is 11.3 Å². The molecular formula is C23H21N5O4. The maximum Gasteiger partial charge on any atom is 0.328 e. The number of rotatable bonds is 5. The average molecular weight is 431 g/mol. The second kappa shape index (κ2) is 8.18. The number of hydrogen-bond donors (Lipinski definition) is 2. The van der Waals surface area contributed by atoms with Gasteiger partial charge in [-0.15, -0.1) is 0 Å². The minimum atomic E-state index is -0.697. The van der Waals surface area contributed by atoms with Crippen LogP contribution in [0.4, 0.5) is 5.69 Å². The Morgan fingerprint density at radius 1 is 1.16 bits per heavy atom. The molecular weight excluding hydrogens is 410 g/mol. The average Bonchev–Trinajstić information content (AvgIpc) is 3.46. The number of imidazole rings is 1. The van der Waals surface area contributed by atoms with E-state index in [1.165, 1.54) is 6.26 Å². The standard InChI is InChI=1S/C23H21N5O4/c29-21(17-12-24-23(31)28(22(17)30)13-15-6-5-11-32-15)26-18-8-2-1-7-16(18)19-14-27-10-4-3-9-20(27)25-19/h1-2,5-8,11-12,14H,3-4,9-10,13H2,(H,24,31)(H,26,29). The first-order chi connectivity index (χ1) is 15.6. The zero-order chi connectivity index (χ0) is 22.1. The zero-order valence-corrected chi connectivity index (χ0v) is 17.2. The van der Waals surface area contributed by atoms with Crippen molar-refractivity contribution in [3.05, 3.63) is 93.0 Å². The number of fused-ring (bicyclic) bond motifs is 1. The fraction of sp³-hybridized carbons (Fsp3) is 0.217. The van der Waals surface area contributed by atoms with Crippen molar-refractivity contribution < 1.29 is 9.21 Å². The van der Waals surface area contributed by atoms with Gasteiger partial charge in [0, 0.05) is 30.9 Å². The Morgan fingerprint density at radius 3 is 2.84 bits per heavy atom. The molecule has 0 saturated heterocycles.